The van der Waals surface area contributed by atoms with E-state index in [9.17, 15) is 29.4 Å². The quantitative estimate of drug-likeness (QED) is 0.171. The third-order valence-electron chi connectivity index (χ3n) is 6.08. The van der Waals surface area contributed by atoms with E-state index in [1.54, 1.807) is 18.2 Å². The molecule has 3 unspecified atom stereocenters. The summed E-state index contributed by atoms with van der Waals surface area (Å²) in [6, 6.07) is 0. The summed E-state index contributed by atoms with van der Waals surface area (Å²) in [5, 5.41) is 25.4. The van der Waals surface area contributed by atoms with E-state index in [0.29, 0.717) is 5.92 Å². The number of carbonyl (C=O) groups excluding carboxylic acids is 4. The fourth-order valence-corrected chi connectivity index (χ4v) is 3.92. The maximum Gasteiger partial charge on any atom is 0.248 e. The van der Waals surface area contributed by atoms with Gasteiger partial charge in [-0.05, 0) is 30.9 Å². The molecule has 0 aromatic heterocycles. The van der Waals surface area contributed by atoms with Gasteiger partial charge in [-0.15, -0.1) is 0 Å². The first-order valence-corrected chi connectivity index (χ1v) is 12.9. The molecule has 9 heteroatoms. The van der Waals surface area contributed by atoms with Crippen LogP contribution in [0.25, 0.3) is 0 Å². The van der Waals surface area contributed by atoms with E-state index >= 15 is 0 Å². The van der Waals surface area contributed by atoms with Gasteiger partial charge >= 0.3 is 0 Å². The van der Waals surface area contributed by atoms with Crippen molar-refractivity contribution in [2.45, 2.75) is 57.3 Å². The standard InChI is InChI=1S/C30H34N2O7/c1-20(2)13-9-5-3-4-6-10-14-24(35)31-21-19-30(38,29-28(39-29)27(21)37)18-12-8-7-11-15-25(36)32-26-22(33)16-17-23(26)34/h3-8,10-12,14-15,18-20,28-29,33,38H,9,13,16-17H2,1-2H3,(H,31,35)(H,32,36)/b5-3+,6-4+,8-7+,14-10+,15-11+,18-12+. The summed E-state index contributed by atoms with van der Waals surface area (Å²) in [5.74, 6) is -1.28. The normalized spacial score (nSPS) is 25.4. The minimum atomic E-state index is -1.61. The number of nitrogens with one attached hydrogen (secondary N) is 2. The molecule has 0 saturated carbocycles. The fraction of sp³-hybridized carbons (Fsp3) is 0.333. The number of allylic oxidation sites excluding steroid dienone is 11. The number of hydrogen-bond donors (Lipinski definition) is 4. The van der Waals surface area contributed by atoms with Gasteiger partial charge in [-0.3, -0.25) is 19.2 Å². The van der Waals surface area contributed by atoms with Crippen LogP contribution in [0.1, 0.15) is 39.5 Å². The summed E-state index contributed by atoms with van der Waals surface area (Å²) in [7, 11) is 0. The van der Waals surface area contributed by atoms with Gasteiger partial charge in [0.15, 0.2) is 11.9 Å². The molecule has 1 aliphatic heterocycles. The molecule has 3 aliphatic rings. The molecule has 0 spiro atoms. The number of Topliss-reactive ketones (excluding diaryl/α,β-unsaturated/α-hetero) is 2. The Morgan fingerprint density at radius 1 is 1.00 bits per heavy atom. The number of ether oxygens (including phenoxy) is 1. The van der Waals surface area contributed by atoms with Gasteiger partial charge in [0.25, 0.3) is 0 Å². The molecular weight excluding hydrogens is 500 g/mol. The van der Waals surface area contributed by atoms with E-state index in [0.717, 1.165) is 12.8 Å². The predicted molar refractivity (Wildman–Crippen MR) is 146 cm³/mol. The maximum atomic E-state index is 12.5. The van der Waals surface area contributed by atoms with Gasteiger partial charge in [-0.2, -0.15) is 0 Å². The van der Waals surface area contributed by atoms with Gasteiger partial charge in [0.1, 0.15) is 23.2 Å². The molecule has 2 amide bonds. The molecule has 0 aromatic rings. The Morgan fingerprint density at radius 2 is 1.64 bits per heavy atom. The van der Waals surface area contributed by atoms with E-state index in [2.05, 4.69) is 30.6 Å². The van der Waals surface area contributed by atoms with Crippen molar-refractivity contribution >= 4 is 23.4 Å². The first kappa shape index (κ1) is 29.5. The average Bonchev–Trinajstić information content (AvgIpc) is 3.64. The molecule has 1 saturated heterocycles. The number of fused-ring (bicyclic) bond motifs is 1. The van der Waals surface area contributed by atoms with Gasteiger partial charge in [0.05, 0.1) is 5.70 Å². The largest absolute Gasteiger partial charge is 0.510 e. The zero-order valence-corrected chi connectivity index (χ0v) is 22.0. The van der Waals surface area contributed by atoms with Crippen molar-refractivity contribution in [1.29, 1.82) is 0 Å². The summed E-state index contributed by atoms with van der Waals surface area (Å²) >= 11 is 0. The number of rotatable bonds is 12. The van der Waals surface area contributed by atoms with Crippen LogP contribution in [0.15, 0.2) is 96.1 Å². The highest BCUT2D eigenvalue weighted by Crippen LogP contribution is 2.40. The number of carbonyl (C=O) groups is 4. The first-order valence-electron chi connectivity index (χ1n) is 12.9. The lowest BCUT2D eigenvalue weighted by atomic mass is 9.88. The lowest BCUT2D eigenvalue weighted by Crippen LogP contribution is -2.42. The summed E-state index contributed by atoms with van der Waals surface area (Å²) in [5.41, 5.74) is -1.73. The zero-order valence-electron chi connectivity index (χ0n) is 22.0. The molecule has 206 valence electrons. The van der Waals surface area contributed by atoms with Gasteiger partial charge in [0.2, 0.25) is 17.6 Å². The minimum absolute atomic E-state index is 0.0484. The maximum absolute atomic E-state index is 12.5. The van der Waals surface area contributed by atoms with E-state index in [-0.39, 0.29) is 35.8 Å². The Kier molecular flexibility index (Phi) is 10.3. The minimum Gasteiger partial charge on any atom is -0.510 e. The number of ketones is 2. The Morgan fingerprint density at radius 3 is 2.28 bits per heavy atom. The Labute approximate surface area is 227 Å². The van der Waals surface area contributed by atoms with Crippen LogP contribution < -0.4 is 10.6 Å². The van der Waals surface area contributed by atoms with Crippen LogP contribution in [0.3, 0.4) is 0 Å². The van der Waals surface area contributed by atoms with E-state index in [4.69, 9.17) is 4.74 Å². The van der Waals surface area contributed by atoms with Crippen LogP contribution in [0.4, 0.5) is 0 Å². The summed E-state index contributed by atoms with van der Waals surface area (Å²) in [4.78, 5) is 48.2. The molecule has 0 aromatic carbocycles. The number of aliphatic hydroxyl groups excluding tert-OH is 1. The SMILES string of the molecule is CC(C)CC/C=C/C=C/C=C/C(=O)NC1=CC(O)(/C=C/C=C/C=C/C(=O)NC2=C(O)CCC2=O)C2OC2C1=O. The third-order valence-corrected chi connectivity index (χ3v) is 6.08. The lowest BCUT2D eigenvalue weighted by molar-refractivity contribution is -0.121. The predicted octanol–water partition coefficient (Wildman–Crippen LogP) is 3.09. The van der Waals surface area contributed by atoms with Crippen LogP contribution >= 0.6 is 0 Å². The van der Waals surface area contributed by atoms with Crippen molar-refractivity contribution in [3.8, 4) is 0 Å². The molecule has 3 rings (SSSR count). The van der Waals surface area contributed by atoms with Crippen LogP contribution in [0.2, 0.25) is 0 Å². The molecule has 0 radical (unpaired) electrons. The number of epoxide rings is 1. The van der Waals surface area contributed by atoms with Crippen molar-refractivity contribution in [3.63, 3.8) is 0 Å². The molecule has 3 atom stereocenters. The van der Waals surface area contributed by atoms with Crippen LogP contribution in [-0.4, -0.2) is 51.4 Å². The number of aliphatic hydroxyl groups is 2. The fourth-order valence-electron chi connectivity index (χ4n) is 3.92. The highest BCUT2D eigenvalue weighted by Gasteiger charge is 2.59. The van der Waals surface area contributed by atoms with Gasteiger partial charge in [-0.1, -0.05) is 68.5 Å². The second-order valence-electron chi connectivity index (χ2n) is 9.76. The van der Waals surface area contributed by atoms with Gasteiger partial charge in [-0.25, -0.2) is 0 Å². The number of amides is 2. The zero-order chi connectivity index (χ0) is 28.4. The van der Waals surface area contributed by atoms with Crippen molar-refractivity contribution < 1.29 is 34.1 Å². The van der Waals surface area contributed by atoms with Gasteiger partial charge in [0, 0.05) is 25.0 Å². The van der Waals surface area contributed by atoms with Crippen LogP contribution in [-0.2, 0) is 23.9 Å². The second kappa shape index (κ2) is 13.6. The van der Waals surface area contributed by atoms with Crippen LogP contribution in [0.5, 0.6) is 0 Å². The lowest BCUT2D eigenvalue weighted by Gasteiger charge is -2.23. The van der Waals surface area contributed by atoms with Crippen molar-refractivity contribution in [2.24, 2.45) is 5.92 Å². The topological polar surface area (TPSA) is 145 Å². The monoisotopic (exact) mass is 534 g/mol. The molecule has 2 aliphatic carbocycles. The summed E-state index contributed by atoms with van der Waals surface area (Å²) < 4.78 is 5.33. The molecule has 4 N–H and O–H groups in total. The summed E-state index contributed by atoms with van der Waals surface area (Å²) in [6.07, 6.45) is 21.1. The smallest absolute Gasteiger partial charge is 0.248 e. The Bertz CT molecular complexity index is 1230. The molecule has 0 bridgehead atoms. The number of hydrogen-bond acceptors (Lipinski definition) is 7. The Hall–Kier alpha value is -4.08. The average molecular weight is 535 g/mol. The summed E-state index contributed by atoms with van der Waals surface area (Å²) in [6.45, 7) is 4.33. The van der Waals surface area contributed by atoms with E-state index in [1.165, 1.54) is 42.5 Å². The van der Waals surface area contributed by atoms with E-state index in [1.807, 2.05) is 12.2 Å². The third kappa shape index (κ3) is 8.73. The molecule has 1 heterocycles. The van der Waals surface area contributed by atoms with E-state index < -0.39 is 35.4 Å². The Balaban J connectivity index is 1.52. The molecule has 1 fully saturated rings. The van der Waals surface area contributed by atoms with Crippen molar-refractivity contribution in [2.75, 3.05) is 0 Å². The van der Waals surface area contributed by atoms with Gasteiger partial charge < -0.3 is 25.6 Å². The van der Waals surface area contributed by atoms with Crippen molar-refractivity contribution in [3.05, 3.63) is 96.1 Å². The highest BCUT2D eigenvalue weighted by molar-refractivity contribution is 6.06. The first-order chi connectivity index (χ1) is 18.6. The van der Waals surface area contributed by atoms with Crippen molar-refractivity contribution in [1.82, 2.24) is 10.6 Å². The molecular formula is C30H34N2O7. The highest BCUT2D eigenvalue weighted by atomic mass is 16.6. The molecule has 39 heavy (non-hydrogen) atoms. The second-order valence-corrected chi connectivity index (χ2v) is 9.76. The van der Waals surface area contributed by atoms with Crippen LogP contribution in [0, 0.1) is 5.92 Å². The molecule has 9 nitrogen and oxygen atoms in total.